The second-order valence-electron chi connectivity index (χ2n) is 4.72. The van der Waals surface area contributed by atoms with Crippen LogP contribution in [0.5, 0.6) is 0 Å². The normalized spacial score (nSPS) is 40.3. The molecule has 0 heterocycles. The third-order valence-electron chi connectivity index (χ3n) is 3.75. The van der Waals surface area contributed by atoms with Crippen molar-refractivity contribution in [3.63, 3.8) is 0 Å². The van der Waals surface area contributed by atoms with Gasteiger partial charge in [0.25, 0.3) is 0 Å². The fourth-order valence-electron chi connectivity index (χ4n) is 3.08. The third kappa shape index (κ3) is 1.75. The van der Waals surface area contributed by atoms with Crippen LogP contribution in [0.25, 0.3) is 0 Å². The predicted molar refractivity (Wildman–Crippen MR) is 64.3 cm³/mol. The van der Waals surface area contributed by atoms with Crippen molar-refractivity contribution in [2.75, 3.05) is 0 Å². The Morgan fingerprint density at radius 1 is 1.31 bits per heavy atom. The Morgan fingerprint density at radius 3 is 2.77 bits per heavy atom. The SMILES string of the molecule is BC1CCC(Br)C2=C1C(C)CCC2. The highest BCUT2D eigenvalue weighted by Crippen LogP contribution is 2.45. The van der Waals surface area contributed by atoms with Gasteiger partial charge in [-0.15, -0.1) is 0 Å². The van der Waals surface area contributed by atoms with E-state index in [1.54, 1.807) is 11.1 Å². The summed E-state index contributed by atoms with van der Waals surface area (Å²) in [4.78, 5) is 0.710. The highest BCUT2D eigenvalue weighted by molar-refractivity contribution is 9.09. The van der Waals surface area contributed by atoms with Crippen LogP contribution in [0.2, 0.25) is 5.82 Å². The molecule has 0 aromatic rings. The van der Waals surface area contributed by atoms with E-state index in [1.165, 1.54) is 32.1 Å². The van der Waals surface area contributed by atoms with Crippen molar-refractivity contribution in [2.24, 2.45) is 5.92 Å². The molecule has 0 amide bonds. The molecule has 0 aromatic carbocycles. The number of hydrogen-bond acceptors (Lipinski definition) is 0. The summed E-state index contributed by atoms with van der Waals surface area (Å²) in [5.41, 5.74) is 3.57. The smallest absolute Gasteiger partial charge is 0.0842 e. The molecule has 0 nitrogen and oxygen atoms in total. The number of hydrogen-bond donors (Lipinski definition) is 0. The van der Waals surface area contributed by atoms with Gasteiger partial charge in [-0.25, -0.2) is 0 Å². The molecular weight excluding hydrogens is 223 g/mol. The van der Waals surface area contributed by atoms with Gasteiger partial charge < -0.3 is 0 Å². The minimum atomic E-state index is 0.710. The minimum absolute atomic E-state index is 0.710. The monoisotopic (exact) mass is 240 g/mol. The topological polar surface area (TPSA) is 0 Å². The van der Waals surface area contributed by atoms with Gasteiger partial charge >= 0.3 is 0 Å². The zero-order chi connectivity index (χ0) is 9.42. The first-order valence-corrected chi connectivity index (χ1v) is 6.48. The fourth-order valence-corrected chi connectivity index (χ4v) is 3.84. The molecular formula is C11H18BBr. The number of halogens is 1. The van der Waals surface area contributed by atoms with E-state index < -0.39 is 0 Å². The molecule has 72 valence electrons. The van der Waals surface area contributed by atoms with E-state index in [4.69, 9.17) is 0 Å². The van der Waals surface area contributed by atoms with Crippen molar-refractivity contribution in [3.8, 4) is 0 Å². The Kier molecular flexibility index (Phi) is 2.87. The fraction of sp³-hybridized carbons (Fsp3) is 0.818. The molecule has 0 saturated carbocycles. The molecule has 2 aliphatic rings. The Morgan fingerprint density at radius 2 is 2.08 bits per heavy atom. The Hall–Kier alpha value is 0.285. The van der Waals surface area contributed by atoms with E-state index >= 15 is 0 Å². The molecule has 13 heavy (non-hydrogen) atoms. The zero-order valence-electron chi connectivity index (χ0n) is 8.65. The van der Waals surface area contributed by atoms with E-state index in [1.807, 2.05) is 0 Å². The van der Waals surface area contributed by atoms with Crippen LogP contribution in [0.1, 0.15) is 39.0 Å². The van der Waals surface area contributed by atoms with Crippen LogP contribution in [-0.2, 0) is 0 Å². The van der Waals surface area contributed by atoms with Crippen molar-refractivity contribution in [1.29, 1.82) is 0 Å². The van der Waals surface area contributed by atoms with Gasteiger partial charge in [-0.2, -0.15) is 0 Å². The van der Waals surface area contributed by atoms with E-state index in [0.29, 0.717) is 4.83 Å². The van der Waals surface area contributed by atoms with E-state index in [-0.39, 0.29) is 0 Å². The molecule has 3 atom stereocenters. The number of allylic oxidation sites excluding steroid dienone is 2. The maximum atomic E-state index is 3.83. The van der Waals surface area contributed by atoms with Crippen molar-refractivity contribution in [3.05, 3.63) is 11.1 Å². The zero-order valence-corrected chi connectivity index (χ0v) is 10.2. The van der Waals surface area contributed by atoms with Gasteiger partial charge in [-0.3, -0.25) is 0 Å². The second-order valence-corrected chi connectivity index (χ2v) is 5.83. The van der Waals surface area contributed by atoms with Gasteiger partial charge in [-0.05, 0) is 37.4 Å². The first-order chi connectivity index (χ1) is 6.20. The first-order valence-electron chi connectivity index (χ1n) is 5.57. The van der Waals surface area contributed by atoms with Crippen LogP contribution in [0.4, 0.5) is 0 Å². The molecule has 2 aliphatic carbocycles. The summed E-state index contributed by atoms with van der Waals surface area (Å²) < 4.78 is 0. The quantitative estimate of drug-likeness (QED) is 0.347. The van der Waals surface area contributed by atoms with Crippen LogP contribution < -0.4 is 0 Å². The molecule has 2 rings (SSSR count). The van der Waals surface area contributed by atoms with Gasteiger partial charge in [0, 0.05) is 4.83 Å². The summed E-state index contributed by atoms with van der Waals surface area (Å²) in [6.07, 6.45) is 6.93. The lowest BCUT2D eigenvalue weighted by Crippen LogP contribution is -2.23. The van der Waals surface area contributed by atoms with Crippen molar-refractivity contribution in [2.45, 2.75) is 49.7 Å². The molecule has 0 spiro atoms. The van der Waals surface area contributed by atoms with Crippen LogP contribution in [0.3, 0.4) is 0 Å². The van der Waals surface area contributed by atoms with Crippen LogP contribution in [0.15, 0.2) is 11.1 Å². The second kappa shape index (κ2) is 3.80. The molecule has 0 saturated heterocycles. The molecule has 0 fully saturated rings. The van der Waals surface area contributed by atoms with Gasteiger partial charge in [0.05, 0.1) is 0 Å². The highest BCUT2D eigenvalue weighted by atomic mass is 79.9. The largest absolute Gasteiger partial charge is 0.110 e. The standard InChI is InChI=1S/C11H18BBr/c1-7-3-2-4-8-10(13)6-5-9(12)11(7)8/h7,9-10H,2-6,12H2,1H3. The van der Waals surface area contributed by atoms with Gasteiger partial charge in [0.2, 0.25) is 0 Å². The van der Waals surface area contributed by atoms with Crippen molar-refractivity contribution >= 4 is 23.8 Å². The van der Waals surface area contributed by atoms with E-state index in [9.17, 15) is 0 Å². The molecule has 0 aromatic heterocycles. The molecule has 0 N–H and O–H groups in total. The average Bonchev–Trinajstić information content (AvgIpc) is 2.12. The van der Waals surface area contributed by atoms with E-state index in [2.05, 4.69) is 30.7 Å². The maximum Gasteiger partial charge on any atom is 0.110 e. The molecule has 0 radical (unpaired) electrons. The number of rotatable bonds is 0. The summed E-state index contributed by atoms with van der Waals surface area (Å²) in [5, 5.41) is 0. The highest BCUT2D eigenvalue weighted by Gasteiger charge is 2.30. The van der Waals surface area contributed by atoms with Crippen molar-refractivity contribution < 1.29 is 0 Å². The summed E-state index contributed by atoms with van der Waals surface area (Å²) in [7, 11) is 2.41. The van der Waals surface area contributed by atoms with Crippen LogP contribution >= 0.6 is 15.9 Å². The third-order valence-corrected chi connectivity index (χ3v) is 4.76. The van der Waals surface area contributed by atoms with Gasteiger partial charge in [0.1, 0.15) is 7.85 Å². The van der Waals surface area contributed by atoms with Crippen molar-refractivity contribution in [1.82, 2.24) is 0 Å². The van der Waals surface area contributed by atoms with Crippen LogP contribution in [-0.4, -0.2) is 12.7 Å². The number of alkyl halides is 1. The predicted octanol–water partition coefficient (Wildman–Crippen LogP) is 3.08. The average molecular weight is 241 g/mol. The van der Waals surface area contributed by atoms with Crippen LogP contribution in [0, 0.1) is 5.92 Å². The minimum Gasteiger partial charge on any atom is -0.0842 e. The molecule has 0 aliphatic heterocycles. The molecule has 2 heteroatoms. The lowest BCUT2D eigenvalue weighted by atomic mass is 9.64. The first kappa shape index (κ1) is 9.83. The lowest BCUT2D eigenvalue weighted by molar-refractivity contribution is 0.476. The Labute approximate surface area is 90.7 Å². The molecule has 3 unspecified atom stereocenters. The van der Waals surface area contributed by atoms with Gasteiger partial charge in [-0.1, -0.05) is 40.4 Å². The maximum absolute atomic E-state index is 3.83. The van der Waals surface area contributed by atoms with Gasteiger partial charge in [0.15, 0.2) is 0 Å². The van der Waals surface area contributed by atoms with E-state index in [0.717, 1.165) is 11.7 Å². The Bertz CT molecular complexity index is 228. The lowest BCUT2D eigenvalue weighted by Gasteiger charge is -2.37. The summed E-state index contributed by atoms with van der Waals surface area (Å²) in [6, 6.07) is 0. The Balaban J connectivity index is 2.33. The summed E-state index contributed by atoms with van der Waals surface area (Å²) >= 11 is 3.83. The molecule has 0 bridgehead atoms. The summed E-state index contributed by atoms with van der Waals surface area (Å²) in [5.74, 6) is 1.72. The summed E-state index contributed by atoms with van der Waals surface area (Å²) in [6.45, 7) is 2.41.